The van der Waals surface area contributed by atoms with Crippen LogP contribution in [0.5, 0.6) is 0 Å². The van der Waals surface area contributed by atoms with Crippen LogP contribution >= 0.6 is 0 Å². The summed E-state index contributed by atoms with van der Waals surface area (Å²) >= 11 is 0. The van der Waals surface area contributed by atoms with Crippen molar-refractivity contribution in [2.75, 3.05) is 7.05 Å². The van der Waals surface area contributed by atoms with Crippen molar-refractivity contribution in [2.24, 2.45) is 0 Å². The van der Waals surface area contributed by atoms with Crippen LogP contribution in [0.2, 0.25) is 0 Å². The maximum absolute atomic E-state index is 12.4. The van der Waals surface area contributed by atoms with Gasteiger partial charge in [0.1, 0.15) is 0 Å². The summed E-state index contributed by atoms with van der Waals surface area (Å²) in [6.45, 7) is 2.53. The molecular formula is C12H18N6O2S. The largest absolute Gasteiger partial charge is 0.316 e. The van der Waals surface area contributed by atoms with Gasteiger partial charge >= 0.3 is 0 Å². The van der Waals surface area contributed by atoms with Crippen LogP contribution in [0.3, 0.4) is 0 Å². The van der Waals surface area contributed by atoms with Crippen LogP contribution in [-0.2, 0) is 29.5 Å². The van der Waals surface area contributed by atoms with Gasteiger partial charge in [0.15, 0.2) is 5.82 Å². The molecule has 0 unspecified atom stereocenters. The van der Waals surface area contributed by atoms with Gasteiger partial charge in [-0.2, -0.15) is 5.21 Å². The van der Waals surface area contributed by atoms with Crippen molar-refractivity contribution < 1.29 is 8.42 Å². The zero-order valence-electron chi connectivity index (χ0n) is 11.9. The first-order valence-corrected chi connectivity index (χ1v) is 8.03. The lowest BCUT2D eigenvalue weighted by Gasteiger charge is -2.11. The molecule has 2 rings (SSSR count). The molecule has 0 amide bonds. The molecule has 0 saturated heterocycles. The van der Waals surface area contributed by atoms with Crippen molar-refractivity contribution >= 4 is 10.0 Å². The summed E-state index contributed by atoms with van der Waals surface area (Å²) in [6, 6.07) is 5.46. The molecule has 2 aromatic rings. The lowest BCUT2D eigenvalue weighted by Crippen LogP contribution is -2.25. The molecule has 0 saturated carbocycles. The summed E-state index contributed by atoms with van der Waals surface area (Å²) in [4.78, 5) is 0.293. The minimum Gasteiger partial charge on any atom is -0.316 e. The van der Waals surface area contributed by atoms with Crippen LogP contribution in [0.4, 0.5) is 0 Å². The van der Waals surface area contributed by atoms with Crippen molar-refractivity contribution in [1.82, 2.24) is 30.7 Å². The van der Waals surface area contributed by atoms with E-state index < -0.39 is 10.0 Å². The van der Waals surface area contributed by atoms with Crippen molar-refractivity contribution in [3.8, 4) is 0 Å². The van der Waals surface area contributed by atoms with E-state index >= 15 is 0 Å². The van der Waals surface area contributed by atoms with Gasteiger partial charge in [0.25, 0.3) is 0 Å². The summed E-state index contributed by atoms with van der Waals surface area (Å²) in [5, 5.41) is 16.1. The van der Waals surface area contributed by atoms with Crippen LogP contribution in [0.15, 0.2) is 23.1 Å². The van der Waals surface area contributed by atoms with E-state index in [2.05, 4.69) is 30.7 Å². The molecule has 9 heteroatoms. The number of aromatic amines is 1. The topological polar surface area (TPSA) is 113 Å². The second-order valence-electron chi connectivity index (χ2n) is 4.48. The molecule has 0 spiro atoms. The molecule has 0 aliphatic heterocycles. The van der Waals surface area contributed by atoms with E-state index in [1.165, 1.54) is 0 Å². The zero-order valence-corrected chi connectivity index (χ0v) is 12.7. The van der Waals surface area contributed by atoms with Crippen LogP contribution in [-0.4, -0.2) is 36.1 Å². The zero-order chi connectivity index (χ0) is 15.3. The number of benzene rings is 1. The van der Waals surface area contributed by atoms with E-state index in [0.29, 0.717) is 23.7 Å². The minimum atomic E-state index is -3.62. The van der Waals surface area contributed by atoms with Crippen molar-refractivity contribution in [2.45, 2.75) is 31.3 Å². The molecule has 0 radical (unpaired) electrons. The smallest absolute Gasteiger partial charge is 0.241 e. The fourth-order valence-electron chi connectivity index (χ4n) is 1.95. The van der Waals surface area contributed by atoms with Gasteiger partial charge in [0.05, 0.1) is 11.4 Å². The monoisotopic (exact) mass is 310 g/mol. The maximum Gasteiger partial charge on any atom is 0.241 e. The third-order valence-electron chi connectivity index (χ3n) is 2.99. The molecule has 8 nitrogen and oxygen atoms in total. The highest BCUT2D eigenvalue weighted by Gasteiger charge is 2.19. The number of aryl methyl sites for hydroxylation is 1. The van der Waals surface area contributed by atoms with Crippen molar-refractivity contribution in [1.29, 1.82) is 0 Å². The Morgan fingerprint density at radius 2 is 2.10 bits per heavy atom. The standard InChI is InChI=1S/C12H18N6O2S/c1-3-10-5-4-9(7-13-2)6-11(10)21(19,20)14-8-12-15-17-18-16-12/h4-6,13-14H,3,7-8H2,1-2H3,(H,15,16,17,18). The average Bonchev–Trinajstić information content (AvgIpc) is 2.99. The minimum absolute atomic E-state index is 0.00174. The molecular weight excluding hydrogens is 292 g/mol. The highest BCUT2D eigenvalue weighted by atomic mass is 32.2. The fourth-order valence-corrected chi connectivity index (χ4v) is 3.29. The summed E-state index contributed by atoms with van der Waals surface area (Å²) in [5.74, 6) is 0.294. The predicted molar refractivity (Wildman–Crippen MR) is 76.8 cm³/mol. The van der Waals surface area contributed by atoms with Crippen LogP contribution in [0.25, 0.3) is 0 Å². The van der Waals surface area contributed by atoms with Gasteiger partial charge in [-0.25, -0.2) is 13.1 Å². The summed E-state index contributed by atoms with van der Waals surface area (Å²) < 4.78 is 27.4. The SMILES string of the molecule is CCc1ccc(CNC)cc1S(=O)(=O)NCc1nn[nH]n1. The molecule has 0 fully saturated rings. The van der Waals surface area contributed by atoms with E-state index in [1.54, 1.807) is 6.07 Å². The molecule has 0 aliphatic carbocycles. The second-order valence-corrected chi connectivity index (χ2v) is 6.21. The number of tetrazole rings is 1. The van der Waals surface area contributed by atoms with Gasteiger partial charge in [0.2, 0.25) is 10.0 Å². The molecule has 1 aromatic carbocycles. The average molecular weight is 310 g/mol. The number of aromatic nitrogens is 4. The number of rotatable bonds is 7. The van der Waals surface area contributed by atoms with Crippen LogP contribution in [0, 0.1) is 0 Å². The van der Waals surface area contributed by atoms with E-state index in [0.717, 1.165) is 11.1 Å². The van der Waals surface area contributed by atoms with E-state index in [9.17, 15) is 8.42 Å². The first-order valence-electron chi connectivity index (χ1n) is 6.55. The van der Waals surface area contributed by atoms with Crippen LogP contribution in [0.1, 0.15) is 23.9 Å². The third-order valence-corrected chi connectivity index (χ3v) is 4.48. The number of nitrogens with zero attached hydrogens (tertiary/aromatic N) is 3. The lowest BCUT2D eigenvalue weighted by molar-refractivity contribution is 0.578. The van der Waals surface area contributed by atoms with Gasteiger partial charge < -0.3 is 5.32 Å². The summed E-state index contributed by atoms with van der Waals surface area (Å²) in [6.07, 6.45) is 0.637. The number of H-pyrrole nitrogens is 1. The quantitative estimate of drug-likeness (QED) is 0.661. The van der Waals surface area contributed by atoms with Crippen molar-refractivity contribution in [3.63, 3.8) is 0 Å². The Balaban J connectivity index is 2.26. The second kappa shape index (κ2) is 6.74. The van der Waals surface area contributed by atoms with Gasteiger partial charge in [-0.3, -0.25) is 0 Å². The van der Waals surface area contributed by atoms with Crippen LogP contribution < -0.4 is 10.0 Å². The number of nitrogens with one attached hydrogen (secondary N) is 3. The van der Waals surface area contributed by atoms with E-state index in [1.807, 2.05) is 26.1 Å². The molecule has 3 N–H and O–H groups in total. The molecule has 1 heterocycles. The number of hydrogen-bond donors (Lipinski definition) is 3. The first kappa shape index (κ1) is 15.5. The molecule has 114 valence electrons. The normalized spacial score (nSPS) is 11.7. The Morgan fingerprint density at radius 1 is 1.29 bits per heavy atom. The molecule has 1 aromatic heterocycles. The first-order chi connectivity index (χ1) is 10.1. The third kappa shape index (κ3) is 3.84. The Labute approximate surface area is 123 Å². The summed E-state index contributed by atoms with van der Waals surface area (Å²) in [5.41, 5.74) is 1.69. The molecule has 21 heavy (non-hydrogen) atoms. The fraction of sp³-hybridized carbons (Fsp3) is 0.417. The van der Waals surface area contributed by atoms with Crippen molar-refractivity contribution in [3.05, 3.63) is 35.2 Å². The Hall–Kier alpha value is -1.84. The summed E-state index contributed by atoms with van der Waals surface area (Å²) in [7, 11) is -1.80. The molecule has 0 bridgehead atoms. The van der Waals surface area contributed by atoms with E-state index in [-0.39, 0.29) is 6.54 Å². The Bertz CT molecular complexity index is 684. The van der Waals surface area contributed by atoms with Gasteiger partial charge in [-0.1, -0.05) is 24.3 Å². The lowest BCUT2D eigenvalue weighted by atomic mass is 10.1. The highest BCUT2D eigenvalue weighted by molar-refractivity contribution is 7.89. The number of hydrogen-bond acceptors (Lipinski definition) is 6. The predicted octanol–water partition coefficient (Wildman–Crippen LogP) is -0.0400. The maximum atomic E-state index is 12.4. The molecule has 0 aliphatic rings. The van der Waals surface area contributed by atoms with Gasteiger partial charge in [-0.15, -0.1) is 10.2 Å². The van der Waals surface area contributed by atoms with Gasteiger partial charge in [0, 0.05) is 6.54 Å². The Kier molecular flexibility index (Phi) is 4.99. The Morgan fingerprint density at radius 3 is 2.71 bits per heavy atom. The van der Waals surface area contributed by atoms with Gasteiger partial charge in [-0.05, 0) is 30.7 Å². The number of sulfonamides is 1. The highest BCUT2D eigenvalue weighted by Crippen LogP contribution is 2.18. The molecule has 0 atom stereocenters. The van der Waals surface area contributed by atoms with E-state index in [4.69, 9.17) is 0 Å².